The first-order valence-electron chi connectivity index (χ1n) is 5.44. The third-order valence-electron chi connectivity index (χ3n) is 2.57. The third-order valence-corrected chi connectivity index (χ3v) is 2.57. The number of terminal acetylenes is 1. The fourth-order valence-corrected chi connectivity index (χ4v) is 1.39. The second kappa shape index (κ2) is 7.61. The quantitative estimate of drug-likeness (QED) is 0.256. The van der Waals surface area contributed by atoms with E-state index in [0.29, 0.717) is 6.54 Å². The smallest absolute Gasteiger partial charge is 0.137 e. The van der Waals surface area contributed by atoms with Gasteiger partial charge in [0.15, 0.2) is 0 Å². The fourth-order valence-electron chi connectivity index (χ4n) is 1.39. The van der Waals surface area contributed by atoms with Crippen molar-refractivity contribution < 1.29 is 25.5 Å². The molecule has 0 heterocycles. The van der Waals surface area contributed by atoms with Gasteiger partial charge in [-0.2, -0.15) is 0 Å². The van der Waals surface area contributed by atoms with Gasteiger partial charge in [-0.25, -0.2) is 0 Å². The molecule has 0 aromatic rings. The van der Waals surface area contributed by atoms with E-state index in [4.69, 9.17) is 11.5 Å². The summed E-state index contributed by atoms with van der Waals surface area (Å²) < 4.78 is 0. The van der Waals surface area contributed by atoms with Crippen LogP contribution in [0.25, 0.3) is 0 Å². The molecule has 6 nitrogen and oxygen atoms in total. The Labute approximate surface area is 101 Å². The first kappa shape index (κ1) is 16.3. The molecule has 0 radical (unpaired) electrons. The molecule has 17 heavy (non-hydrogen) atoms. The van der Waals surface area contributed by atoms with E-state index in [1.807, 2.05) is 0 Å². The highest BCUT2D eigenvalue weighted by Gasteiger charge is 2.34. The third kappa shape index (κ3) is 4.60. The first-order valence-corrected chi connectivity index (χ1v) is 5.44. The SMILES string of the molecule is C#CCN(CC)C(O)C(O)C(O)C(O)C(C)O. The highest BCUT2D eigenvalue weighted by Crippen LogP contribution is 2.11. The van der Waals surface area contributed by atoms with Crippen LogP contribution >= 0.6 is 0 Å². The maximum absolute atomic E-state index is 9.74. The predicted octanol–water partition coefficient (Wildman–Crippen LogP) is -2.28. The second-order valence-electron chi connectivity index (χ2n) is 3.89. The topological polar surface area (TPSA) is 104 Å². The van der Waals surface area contributed by atoms with E-state index in [1.54, 1.807) is 6.92 Å². The Balaban J connectivity index is 4.57. The predicted molar refractivity (Wildman–Crippen MR) is 61.8 cm³/mol. The van der Waals surface area contributed by atoms with Gasteiger partial charge < -0.3 is 25.5 Å². The molecule has 0 saturated heterocycles. The summed E-state index contributed by atoms with van der Waals surface area (Å²) in [5.41, 5.74) is 0. The molecule has 5 atom stereocenters. The Bertz CT molecular complexity index is 253. The summed E-state index contributed by atoms with van der Waals surface area (Å²) >= 11 is 0. The Morgan fingerprint density at radius 2 is 1.59 bits per heavy atom. The summed E-state index contributed by atoms with van der Waals surface area (Å²) in [6, 6.07) is 0. The Kier molecular flexibility index (Phi) is 7.30. The number of aliphatic hydroxyl groups is 5. The van der Waals surface area contributed by atoms with Gasteiger partial charge >= 0.3 is 0 Å². The van der Waals surface area contributed by atoms with E-state index in [0.717, 1.165) is 0 Å². The van der Waals surface area contributed by atoms with Crippen molar-refractivity contribution in [3.63, 3.8) is 0 Å². The summed E-state index contributed by atoms with van der Waals surface area (Å²) in [6.07, 6.45) is -2.34. The normalized spacial score (nSPS) is 20.4. The lowest BCUT2D eigenvalue weighted by Gasteiger charge is -2.33. The molecule has 100 valence electrons. The minimum atomic E-state index is -1.66. The summed E-state index contributed by atoms with van der Waals surface area (Å²) in [6.45, 7) is 3.48. The second-order valence-corrected chi connectivity index (χ2v) is 3.89. The van der Waals surface area contributed by atoms with Gasteiger partial charge in [0.1, 0.15) is 24.5 Å². The molecule has 0 rings (SSSR count). The van der Waals surface area contributed by atoms with Crippen molar-refractivity contribution >= 4 is 0 Å². The minimum Gasteiger partial charge on any atom is -0.391 e. The van der Waals surface area contributed by atoms with Gasteiger partial charge in [-0.15, -0.1) is 6.42 Å². The molecule has 6 heteroatoms. The van der Waals surface area contributed by atoms with Crippen molar-refractivity contribution in [1.82, 2.24) is 4.90 Å². The van der Waals surface area contributed by atoms with E-state index in [2.05, 4.69) is 5.92 Å². The van der Waals surface area contributed by atoms with Gasteiger partial charge in [0.05, 0.1) is 12.6 Å². The molecule has 0 aliphatic heterocycles. The van der Waals surface area contributed by atoms with Gasteiger partial charge in [0.2, 0.25) is 0 Å². The zero-order chi connectivity index (χ0) is 13.6. The van der Waals surface area contributed by atoms with Crippen LogP contribution in [0.15, 0.2) is 0 Å². The van der Waals surface area contributed by atoms with E-state index in [1.165, 1.54) is 11.8 Å². The summed E-state index contributed by atoms with van der Waals surface area (Å²) in [7, 11) is 0. The van der Waals surface area contributed by atoms with Gasteiger partial charge in [-0.1, -0.05) is 12.8 Å². The monoisotopic (exact) mass is 247 g/mol. The molecule has 5 unspecified atom stereocenters. The van der Waals surface area contributed by atoms with Crippen molar-refractivity contribution in [1.29, 1.82) is 0 Å². The lowest BCUT2D eigenvalue weighted by molar-refractivity contribution is -0.162. The van der Waals surface area contributed by atoms with Crippen LogP contribution in [-0.2, 0) is 0 Å². The molecule has 0 spiro atoms. The average Bonchev–Trinajstić information content (AvgIpc) is 2.32. The Morgan fingerprint density at radius 1 is 1.06 bits per heavy atom. The van der Waals surface area contributed by atoms with Gasteiger partial charge in [-0.05, 0) is 13.5 Å². The lowest BCUT2D eigenvalue weighted by atomic mass is 10.0. The zero-order valence-corrected chi connectivity index (χ0v) is 10.1. The highest BCUT2D eigenvalue weighted by molar-refractivity contribution is 4.91. The van der Waals surface area contributed by atoms with Crippen molar-refractivity contribution in [2.45, 2.75) is 44.5 Å². The zero-order valence-electron chi connectivity index (χ0n) is 10.1. The Hall–Kier alpha value is -0.680. The van der Waals surface area contributed by atoms with Crippen molar-refractivity contribution in [3.05, 3.63) is 0 Å². The maximum Gasteiger partial charge on any atom is 0.137 e. The van der Waals surface area contributed by atoms with Gasteiger partial charge in [-0.3, -0.25) is 4.90 Å². The largest absolute Gasteiger partial charge is 0.391 e. The number of nitrogens with zero attached hydrogens (tertiary/aromatic N) is 1. The van der Waals surface area contributed by atoms with Crippen LogP contribution < -0.4 is 0 Å². The number of rotatable bonds is 7. The van der Waals surface area contributed by atoms with Crippen LogP contribution in [0.4, 0.5) is 0 Å². The number of hydrogen-bond acceptors (Lipinski definition) is 6. The van der Waals surface area contributed by atoms with Crippen LogP contribution in [0.2, 0.25) is 0 Å². The summed E-state index contributed by atoms with van der Waals surface area (Å²) in [5, 5.41) is 47.4. The van der Waals surface area contributed by atoms with Gasteiger partial charge in [0.25, 0.3) is 0 Å². The molecule has 5 N–H and O–H groups in total. The van der Waals surface area contributed by atoms with Crippen molar-refractivity contribution in [2.24, 2.45) is 0 Å². The van der Waals surface area contributed by atoms with Crippen LogP contribution in [0, 0.1) is 12.3 Å². The van der Waals surface area contributed by atoms with Crippen LogP contribution in [0.5, 0.6) is 0 Å². The molecule has 0 aliphatic rings. The summed E-state index contributed by atoms with van der Waals surface area (Å²) in [5.74, 6) is 2.31. The molecule has 0 fully saturated rings. The molecule has 0 saturated carbocycles. The van der Waals surface area contributed by atoms with E-state index in [-0.39, 0.29) is 6.54 Å². The number of aliphatic hydroxyl groups excluding tert-OH is 5. The van der Waals surface area contributed by atoms with Crippen molar-refractivity contribution in [3.8, 4) is 12.3 Å². The van der Waals surface area contributed by atoms with E-state index >= 15 is 0 Å². The standard InChI is InChI=1S/C11H21NO5/c1-4-6-12(5-2)11(17)10(16)9(15)8(14)7(3)13/h1,7-11,13-17H,5-6H2,2-3H3. The lowest BCUT2D eigenvalue weighted by Crippen LogP contribution is -2.54. The molecule has 0 bridgehead atoms. The molecule has 0 aromatic carbocycles. The highest BCUT2D eigenvalue weighted by atomic mass is 16.4. The molecular formula is C11H21NO5. The van der Waals surface area contributed by atoms with Crippen LogP contribution in [0.1, 0.15) is 13.8 Å². The van der Waals surface area contributed by atoms with Crippen molar-refractivity contribution in [2.75, 3.05) is 13.1 Å². The van der Waals surface area contributed by atoms with Crippen LogP contribution in [-0.4, -0.2) is 74.2 Å². The first-order chi connectivity index (χ1) is 7.86. The van der Waals surface area contributed by atoms with Gasteiger partial charge in [0, 0.05) is 0 Å². The molecule has 0 aromatic heterocycles. The molecule has 0 amide bonds. The average molecular weight is 247 g/mol. The maximum atomic E-state index is 9.74. The molecule has 0 aliphatic carbocycles. The molecular weight excluding hydrogens is 226 g/mol. The van der Waals surface area contributed by atoms with Crippen LogP contribution in [0.3, 0.4) is 0 Å². The fraction of sp³-hybridized carbons (Fsp3) is 0.818. The van der Waals surface area contributed by atoms with E-state index < -0.39 is 30.6 Å². The number of likely N-dealkylation sites (N-methyl/N-ethyl adjacent to an activating group) is 1. The van der Waals surface area contributed by atoms with E-state index in [9.17, 15) is 20.4 Å². The Morgan fingerprint density at radius 3 is 1.94 bits per heavy atom. The number of hydrogen-bond donors (Lipinski definition) is 5. The minimum absolute atomic E-state index is 0.103. The summed E-state index contributed by atoms with van der Waals surface area (Å²) in [4.78, 5) is 1.35.